The Morgan fingerprint density at radius 3 is 2.80 bits per heavy atom. The van der Waals surface area contributed by atoms with Gasteiger partial charge in [0.05, 0.1) is 19.9 Å². The van der Waals surface area contributed by atoms with Gasteiger partial charge in [0.1, 0.15) is 12.2 Å². The summed E-state index contributed by atoms with van der Waals surface area (Å²) >= 11 is 0. The molecule has 1 aromatic carbocycles. The number of carbonyl (C=O) groups is 1. The lowest BCUT2D eigenvalue weighted by molar-refractivity contribution is -0.141. The Kier molecular flexibility index (Phi) is 9.50. The third-order valence-electron chi connectivity index (χ3n) is 5.04. The van der Waals surface area contributed by atoms with Crippen molar-refractivity contribution >= 4 is 35.9 Å². The van der Waals surface area contributed by atoms with Crippen LogP contribution in [0.4, 0.5) is 0 Å². The fourth-order valence-corrected chi connectivity index (χ4v) is 3.50. The van der Waals surface area contributed by atoms with Gasteiger partial charge in [0.15, 0.2) is 5.96 Å². The monoisotopic (exact) mass is 527 g/mol. The Hall–Kier alpha value is -2.21. The first-order valence-electron chi connectivity index (χ1n) is 9.78. The van der Waals surface area contributed by atoms with Gasteiger partial charge in [0.25, 0.3) is 0 Å². The van der Waals surface area contributed by atoms with Crippen molar-refractivity contribution in [3.63, 3.8) is 0 Å². The number of esters is 1. The van der Waals surface area contributed by atoms with Crippen molar-refractivity contribution in [3.05, 3.63) is 47.8 Å². The normalized spacial score (nSPS) is 19.2. The van der Waals surface area contributed by atoms with Crippen LogP contribution in [0.1, 0.15) is 24.6 Å². The van der Waals surface area contributed by atoms with Crippen molar-refractivity contribution < 1.29 is 9.53 Å². The number of methoxy groups -OCH3 is 1. The first-order valence-corrected chi connectivity index (χ1v) is 9.78. The molecule has 3 rings (SSSR count). The van der Waals surface area contributed by atoms with E-state index in [0.29, 0.717) is 18.6 Å². The van der Waals surface area contributed by atoms with E-state index in [2.05, 4.69) is 66.8 Å². The van der Waals surface area contributed by atoms with Crippen LogP contribution in [0.3, 0.4) is 0 Å². The molecule has 2 aromatic rings. The second-order valence-corrected chi connectivity index (χ2v) is 7.25. The van der Waals surface area contributed by atoms with Gasteiger partial charge >= 0.3 is 5.97 Å². The molecule has 0 saturated carbocycles. The largest absolute Gasteiger partial charge is 0.468 e. The predicted molar refractivity (Wildman–Crippen MR) is 126 cm³/mol. The topological polar surface area (TPSA) is 96.7 Å². The number of halogens is 1. The Morgan fingerprint density at radius 1 is 1.33 bits per heavy atom. The summed E-state index contributed by atoms with van der Waals surface area (Å²) in [6.45, 7) is 4.70. The highest BCUT2D eigenvalue weighted by molar-refractivity contribution is 14.0. The molecule has 0 bridgehead atoms. The summed E-state index contributed by atoms with van der Waals surface area (Å²) in [6.07, 6.45) is 2.78. The summed E-state index contributed by atoms with van der Waals surface area (Å²) in [6, 6.07) is 11.4. The van der Waals surface area contributed by atoms with Gasteiger partial charge in [-0.25, -0.2) is 4.68 Å². The summed E-state index contributed by atoms with van der Waals surface area (Å²) in [5, 5.41) is 14.8. The van der Waals surface area contributed by atoms with E-state index in [9.17, 15) is 4.79 Å². The molecule has 1 saturated heterocycles. The second kappa shape index (κ2) is 11.8. The maximum Gasteiger partial charge on any atom is 0.327 e. The standard InChI is InChI=1S/C20H29N7O2.HI/c1-15-9-17(12-26(15)11-16-7-5-4-6-8-16)23-20(21-2)22-10-18-13-27(25-24-18)14-19(28)29-3;/h4-8,13,15,17H,9-12,14H2,1-3H3,(H2,21,22,23);1H. The minimum Gasteiger partial charge on any atom is -0.468 e. The number of aromatic nitrogens is 3. The number of guanidine groups is 1. The third-order valence-corrected chi connectivity index (χ3v) is 5.04. The van der Waals surface area contributed by atoms with Gasteiger partial charge < -0.3 is 15.4 Å². The highest BCUT2D eigenvalue weighted by Crippen LogP contribution is 2.20. The van der Waals surface area contributed by atoms with Gasteiger partial charge in [0.2, 0.25) is 0 Å². The Bertz CT molecular complexity index is 828. The Morgan fingerprint density at radius 2 is 2.10 bits per heavy atom. The zero-order valence-electron chi connectivity index (χ0n) is 17.6. The maximum atomic E-state index is 11.3. The van der Waals surface area contributed by atoms with Crippen LogP contribution < -0.4 is 10.6 Å². The van der Waals surface area contributed by atoms with Crippen molar-refractivity contribution in [2.75, 3.05) is 20.7 Å². The Balaban J connectivity index is 0.00000320. The molecule has 10 heteroatoms. The molecule has 9 nitrogen and oxygen atoms in total. The van der Waals surface area contributed by atoms with Crippen molar-refractivity contribution in [3.8, 4) is 0 Å². The summed E-state index contributed by atoms with van der Waals surface area (Å²) < 4.78 is 6.09. The smallest absolute Gasteiger partial charge is 0.327 e. The Labute approximate surface area is 194 Å². The molecule has 0 aliphatic carbocycles. The van der Waals surface area contributed by atoms with Gasteiger partial charge in [-0.3, -0.25) is 14.7 Å². The van der Waals surface area contributed by atoms with E-state index in [1.165, 1.54) is 17.4 Å². The average Bonchev–Trinajstić information content (AvgIpc) is 3.31. The van der Waals surface area contributed by atoms with E-state index in [4.69, 9.17) is 0 Å². The van der Waals surface area contributed by atoms with Crippen LogP contribution in [0.5, 0.6) is 0 Å². The minimum atomic E-state index is -0.359. The zero-order valence-corrected chi connectivity index (χ0v) is 19.9. The molecule has 0 spiro atoms. The third kappa shape index (κ3) is 6.94. The molecule has 2 unspecified atom stereocenters. The molecule has 2 atom stereocenters. The van der Waals surface area contributed by atoms with E-state index >= 15 is 0 Å². The minimum absolute atomic E-state index is 0. The molecular weight excluding hydrogens is 497 g/mol. The SMILES string of the molecule is CN=C(NCc1cn(CC(=O)OC)nn1)NC1CC(C)N(Cc2ccccc2)C1.I. The summed E-state index contributed by atoms with van der Waals surface area (Å²) in [5.74, 6) is 0.369. The number of carbonyl (C=O) groups excluding carboxylic acids is 1. The fraction of sp³-hybridized carbons (Fsp3) is 0.500. The average molecular weight is 527 g/mol. The van der Waals surface area contributed by atoms with Crippen LogP contribution in [0.25, 0.3) is 0 Å². The number of benzene rings is 1. The molecule has 1 aromatic heterocycles. The lowest BCUT2D eigenvalue weighted by Gasteiger charge is -2.21. The van der Waals surface area contributed by atoms with E-state index in [0.717, 1.165) is 31.2 Å². The van der Waals surface area contributed by atoms with Crippen LogP contribution >= 0.6 is 24.0 Å². The predicted octanol–water partition coefficient (Wildman–Crippen LogP) is 1.40. The molecule has 1 aliphatic heterocycles. The van der Waals surface area contributed by atoms with Gasteiger partial charge in [0, 0.05) is 32.2 Å². The first kappa shape index (κ1) is 24.1. The van der Waals surface area contributed by atoms with Gasteiger partial charge in [-0.15, -0.1) is 29.1 Å². The first-order chi connectivity index (χ1) is 14.1. The van der Waals surface area contributed by atoms with E-state index in [1.807, 2.05) is 6.07 Å². The number of hydrogen-bond acceptors (Lipinski definition) is 6. The van der Waals surface area contributed by atoms with Gasteiger partial charge in [-0.05, 0) is 18.9 Å². The number of likely N-dealkylation sites (tertiary alicyclic amines) is 1. The molecule has 0 amide bonds. The van der Waals surface area contributed by atoms with Gasteiger partial charge in [-0.2, -0.15) is 0 Å². The van der Waals surface area contributed by atoms with Crippen molar-refractivity contribution in [1.29, 1.82) is 0 Å². The second-order valence-electron chi connectivity index (χ2n) is 7.25. The van der Waals surface area contributed by atoms with Gasteiger partial charge in [-0.1, -0.05) is 35.5 Å². The number of rotatable bonds is 7. The number of aliphatic imine (C=N–C) groups is 1. The molecule has 164 valence electrons. The number of nitrogens with one attached hydrogen (secondary N) is 2. The molecule has 1 aliphatic rings. The molecular formula is C20H30IN7O2. The van der Waals surface area contributed by atoms with E-state index in [1.54, 1.807) is 13.2 Å². The van der Waals surface area contributed by atoms with Crippen LogP contribution in [-0.2, 0) is 29.2 Å². The highest BCUT2D eigenvalue weighted by Gasteiger charge is 2.29. The van der Waals surface area contributed by atoms with Crippen LogP contribution in [0.2, 0.25) is 0 Å². The highest BCUT2D eigenvalue weighted by atomic mass is 127. The maximum absolute atomic E-state index is 11.3. The van der Waals surface area contributed by atoms with E-state index in [-0.39, 0.29) is 36.5 Å². The van der Waals surface area contributed by atoms with Crippen LogP contribution in [0, 0.1) is 0 Å². The summed E-state index contributed by atoms with van der Waals surface area (Å²) in [4.78, 5) is 18.1. The summed E-state index contributed by atoms with van der Waals surface area (Å²) in [5.41, 5.74) is 2.06. The van der Waals surface area contributed by atoms with E-state index < -0.39 is 0 Å². The fourth-order valence-electron chi connectivity index (χ4n) is 3.50. The number of hydrogen-bond donors (Lipinski definition) is 2. The quantitative estimate of drug-likeness (QED) is 0.243. The van der Waals surface area contributed by atoms with Crippen LogP contribution in [0.15, 0.2) is 41.5 Å². The summed E-state index contributed by atoms with van der Waals surface area (Å²) in [7, 11) is 3.10. The molecule has 30 heavy (non-hydrogen) atoms. The van der Waals surface area contributed by atoms with Crippen molar-refractivity contribution in [2.45, 2.75) is 45.1 Å². The van der Waals surface area contributed by atoms with Crippen molar-refractivity contribution in [1.82, 2.24) is 30.5 Å². The zero-order chi connectivity index (χ0) is 20.6. The molecule has 0 radical (unpaired) electrons. The van der Waals surface area contributed by atoms with Crippen LogP contribution in [-0.4, -0.2) is 64.6 Å². The molecule has 2 heterocycles. The number of nitrogens with zero attached hydrogens (tertiary/aromatic N) is 5. The van der Waals surface area contributed by atoms with Crippen molar-refractivity contribution in [2.24, 2.45) is 4.99 Å². The lowest BCUT2D eigenvalue weighted by atomic mass is 10.2. The molecule has 2 N–H and O–H groups in total. The lowest BCUT2D eigenvalue weighted by Crippen LogP contribution is -2.44. The number of ether oxygens (including phenoxy) is 1. The molecule has 1 fully saturated rings.